The first kappa shape index (κ1) is 17.6. The maximum Gasteiger partial charge on any atom is 0.331 e. The number of carbonyl (C=O) groups excluding carboxylic acids is 2. The van der Waals surface area contributed by atoms with Crippen LogP contribution in [0.25, 0.3) is 21.7 Å². The highest BCUT2D eigenvalue weighted by Gasteiger charge is 2.41. The van der Waals surface area contributed by atoms with E-state index in [0.717, 1.165) is 46.6 Å². The van der Waals surface area contributed by atoms with Crippen LogP contribution in [0, 0.1) is 0 Å². The summed E-state index contributed by atoms with van der Waals surface area (Å²) in [7, 11) is 1.38. The lowest BCUT2D eigenvalue weighted by Crippen LogP contribution is -2.56. The number of methoxy groups -OCH3 is 1. The molecule has 1 saturated carbocycles. The van der Waals surface area contributed by atoms with Crippen LogP contribution in [-0.4, -0.2) is 24.5 Å². The highest BCUT2D eigenvalue weighted by Crippen LogP contribution is 2.32. The van der Waals surface area contributed by atoms with Gasteiger partial charge in [-0.2, -0.15) is 0 Å². The summed E-state index contributed by atoms with van der Waals surface area (Å²) in [5.41, 5.74) is 0.693. The van der Waals surface area contributed by atoms with Crippen molar-refractivity contribution in [3.8, 4) is 0 Å². The quantitative estimate of drug-likeness (QED) is 0.706. The van der Waals surface area contributed by atoms with Gasteiger partial charge >= 0.3 is 5.97 Å². The van der Waals surface area contributed by atoms with Gasteiger partial charge in [0.15, 0.2) is 0 Å². The second kappa shape index (κ2) is 7.06. The minimum atomic E-state index is -0.897. The maximum absolute atomic E-state index is 12.8. The van der Waals surface area contributed by atoms with Crippen molar-refractivity contribution in [1.29, 1.82) is 0 Å². The van der Waals surface area contributed by atoms with Gasteiger partial charge in [0.1, 0.15) is 11.1 Å². The highest BCUT2D eigenvalue weighted by atomic mass is 16.5. The maximum atomic E-state index is 12.8. The lowest BCUT2D eigenvalue weighted by molar-refractivity contribution is -0.152. The largest absolute Gasteiger partial charge is 0.467 e. The summed E-state index contributed by atoms with van der Waals surface area (Å²) in [6, 6.07) is 12.0. The molecule has 140 valence electrons. The van der Waals surface area contributed by atoms with Crippen molar-refractivity contribution in [2.75, 3.05) is 7.11 Å². The molecule has 1 N–H and O–H groups in total. The zero-order valence-electron chi connectivity index (χ0n) is 15.4. The molecule has 1 amide bonds. The number of amides is 1. The third-order valence-electron chi connectivity index (χ3n) is 5.55. The Bertz CT molecular complexity index is 998. The molecule has 1 aliphatic carbocycles. The number of carbonyl (C=O) groups is 2. The minimum absolute atomic E-state index is 0.166. The average molecular weight is 365 g/mol. The monoisotopic (exact) mass is 365 g/mol. The molecule has 27 heavy (non-hydrogen) atoms. The van der Waals surface area contributed by atoms with Gasteiger partial charge in [0, 0.05) is 10.9 Å². The van der Waals surface area contributed by atoms with E-state index in [1.54, 1.807) is 6.26 Å². The molecule has 0 saturated heterocycles. The van der Waals surface area contributed by atoms with Crippen molar-refractivity contribution in [2.24, 2.45) is 0 Å². The molecule has 1 aromatic heterocycles. The van der Waals surface area contributed by atoms with Crippen molar-refractivity contribution in [3.63, 3.8) is 0 Å². The Balaban J connectivity index is 1.63. The van der Waals surface area contributed by atoms with Crippen LogP contribution in [0.3, 0.4) is 0 Å². The third kappa shape index (κ3) is 3.18. The molecular formula is C22H23NO4. The first-order valence-corrected chi connectivity index (χ1v) is 9.40. The van der Waals surface area contributed by atoms with E-state index in [2.05, 4.69) is 5.32 Å². The van der Waals surface area contributed by atoms with Crippen LogP contribution in [-0.2, 0) is 20.7 Å². The van der Waals surface area contributed by atoms with E-state index in [0.29, 0.717) is 12.8 Å². The molecule has 0 aliphatic heterocycles. The van der Waals surface area contributed by atoms with E-state index < -0.39 is 5.54 Å². The van der Waals surface area contributed by atoms with Gasteiger partial charge in [-0.3, -0.25) is 4.79 Å². The summed E-state index contributed by atoms with van der Waals surface area (Å²) in [6.07, 6.45) is 5.96. The molecule has 0 atom stereocenters. The van der Waals surface area contributed by atoms with E-state index in [-0.39, 0.29) is 18.3 Å². The number of benzene rings is 2. The zero-order chi connectivity index (χ0) is 18.9. The van der Waals surface area contributed by atoms with Crippen molar-refractivity contribution in [2.45, 2.75) is 44.1 Å². The Labute approximate surface area is 157 Å². The number of fused-ring (bicyclic) bond motifs is 3. The summed E-state index contributed by atoms with van der Waals surface area (Å²) in [5, 5.41) is 6.10. The van der Waals surface area contributed by atoms with Crippen molar-refractivity contribution in [1.82, 2.24) is 5.32 Å². The molecule has 1 aliphatic rings. The molecule has 1 heterocycles. The summed E-state index contributed by atoms with van der Waals surface area (Å²) in [4.78, 5) is 25.2. The Morgan fingerprint density at radius 3 is 2.67 bits per heavy atom. The second-order valence-corrected chi connectivity index (χ2v) is 7.28. The first-order chi connectivity index (χ1) is 13.1. The van der Waals surface area contributed by atoms with Gasteiger partial charge in [-0.15, -0.1) is 0 Å². The fourth-order valence-electron chi connectivity index (χ4n) is 4.22. The fourth-order valence-corrected chi connectivity index (χ4v) is 4.22. The summed E-state index contributed by atoms with van der Waals surface area (Å²) in [6.45, 7) is 0. The molecule has 0 radical (unpaired) electrons. The van der Waals surface area contributed by atoms with Gasteiger partial charge in [-0.25, -0.2) is 4.79 Å². The number of rotatable bonds is 4. The number of hydrogen-bond acceptors (Lipinski definition) is 4. The molecule has 5 heteroatoms. The van der Waals surface area contributed by atoms with Crippen LogP contribution in [0.2, 0.25) is 0 Å². The average Bonchev–Trinajstić information content (AvgIpc) is 3.11. The third-order valence-corrected chi connectivity index (χ3v) is 5.55. The van der Waals surface area contributed by atoms with Gasteiger partial charge in [0.25, 0.3) is 0 Å². The topological polar surface area (TPSA) is 68.5 Å². The standard InChI is InChI=1S/C22H23NO4/c1-26-21(25)22(11-5-2-6-12-22)23-19(24)13-16-14-27-18-10-9-15-7-3-4-8-17(15)20(16)18/h3-4,7-10,14H,2,5-6,11-13H2,1H3,(H,23,24). The molecule has 3 aromatic rings. The van der Waals surface area contributed by atoms with Gasteiger partial charge in [0.2, 0.25) is 5.91 Å². The van der Waals surface area contributed by atoms with Crippen LogP contribution in [0.15, 0.2) is 47.1 Å². The molecule has 0 bridgehead atoms. The number of hydrogen-bond donors (Lipinski definition) is 1. The lowest BCUT2D eigenvalue weighted by atomic mass is 9.81. The van der Waals surface area contributed by atoms with Crippen molar-refractivity contribution >= 4 is 33.6 Å². The summed E-state index contributed by atoms with van der Waals surface area (Å²) in [5.74, 6) is -0.531. The number of furan rings is 1. The molecule has 2 aromatic carbocycles. The van der Waals surface area contributed by atoms with Crippen molar-refractivity contribution in [3.05, 3.63) is 48.2 Å². The van der Waals surface area contributed by atoms with Gasteiger partial charge < -0.3 is 14.5 Å². The molecule has 0 spiro atoms. The van der Waals surface area contributed by atoms with E-state index in [4.69, 9.17) is 9.15 Å². The van der Waals surface area contributed by atoms with Gasteiger partial charge in [0.05, 0.1) is 19.8 Å². The Hall–Kier alpha value is -2.82. The van der Waals surface area contributed by atoms with Gasteiger partial charge in [-0.05, 0) is 29.7 Å². The summed E-state index contributed by atoms with van der Waals surface area (Å²) < 4.78 is 10.7. The van der Waals surface area contributed by atoms with Crippen LogP contribution < -0.4 is 5.32 Å². The smallest absolute Gasteiger partial charge is 0.331 e. The predicted octanol–water partition coefficient (Wildman–Crippen LogP) is 4.12. The Morgan fingerprint density at radius 2 is 1.89 bits per heavy atom. The van der Waals surface area contributed by atoms with Crippen LogP contribution in [0.5, 0.6) is 0 Å². The number of esters is 1. The number of ether oxygens (including phenoxy) is 1. The minimum Gasteiger partial charge on any atom is -0.467 e. The van der Waals surface area contributed by atoms with Crippen LogP contribution in [0.4, 0.5) is 0 Å². The Morgan fingerprint density at radius 1 is 1.11 bits per heavy atom. The van der Waals surface area contributed by atoms with Crippen LogP contribution in [0.1, 0.15) is 37.7 Å². The number of nitrogens with one attached hydrogen (secondary N) is 1. The van der Waals surface area contributed by atoms with Gasteiger partial charge in [-0.1, -0.05) is 49.6 Å². The molecule has 5 nitrogen and oxygen atoms in total. The SMILES string of the molecule is COC(=O)C1(NC(=O)Cc2coc3ccc4ccccc4c23)CCCCC1. The molecule has 0 unspecified atom stereocenters. The van der Waals surface area contributed by atoms with E-state index >= 15 is 0 Å². The first-order valence-electron chi connectivity index (χ1n) is 9.40. The second-order valence-electron chi connectivity index (χ2n) is 7.28. The van der Waals surface area contributed by atoms with E-state index in [1.807, 2.05) is 36.4 Å². The highest BCUT2D eigenvalue weighted by molar-refractivity contribution is 6.08. The van der Waals surface area contributed by atoms with Crippen molar-refractivity contribution < 1.29 is 18.7 Å². The Kier molecular flexibility index (Phi) is 4.60. The predicted molar refractivity (Wildman–Crippen MR) is 103 cm³/mol. The van der Waals surface area contributed by atoms with E-state index in [1.165, 1.54) is 7.11 Å². The normalized spacial score (nSPS) is 16.3. The molecular weight excluding hydrogens is 342 g/mol. The lowest BCUT2D eigenvalue weighted by Gasteiger charge is -2.35. The van der Waals surface area contributed by atoms with E-state index in [9.17, 15) is 9.59 Å². The molecule has 4 rings (SSSR count). The zero-order valence-corrected chi connectivity index (χ0v) is 15.4. The van der Waals surface area contributed by atoms with Crippen LogP contribution >= 0.6 is 0 Å². The summed E-state index contributed by atoms with van der Waals surface area (Å²) >= 11 is 0. The fraction of sp³-hybridized carbons (Fsp3) is 0.364. The molecule has 1 fully saturated rings.